The molecule has 1 atom stereocenters. The third-order valence-corrected chi connectivity index (χ3v) is 14.3. The minimum absolute atomic E-state index is 0. The van der Waals surface area contributed by atoms with Crippen LogP contribution in [0.5, 0.6) is 17.2 Å². The quantitative estimate of drug-likeness (QED) is 0.0393. The molecule has 1 saturated carbocycles. The smallest absolute Gasteiger partial charge is 0.545 e. The third-order valence-electron chi connectivity index (χ3n) is 14.0. The van der Waals surface area contributed by atoms with Gasteiger partial charge in [0.2, 0.25) is 11.8 Å². The number of carbonyl (C=O) groups is 7. The fraction of sp³-hybridized carbons (Fsp3) is 0.300. The number of rotatable bonds is 24. The van der Waals surface area contributed by atoms with Gasteiger partial charge in [-0.05, 0) is 152 Å². The number of methoxy groups -OCH3 is 1. The van der Waals surface area contributed by atoms with Gasteiger partial charge in [0.15, 0.2) is 12.4 Å². The van der Waals surface area contributed by atoms with E-state index in [2.05, 4.69) is 31.6 Å². The molecule has 1 heterocycles. The molecule has 0 saturated heterocycles. The van der Waals surface area contributed by atoms with Gasteiger partial charge in [-0.3, -0.25) is 33.8 Å². The predicted octanol–water partition coefficient (Wildman–Crippen LogP) is 5.07. The molecule has 1 aromatic heterocycles. The molecule has 0 bridgehead atoms. The maximum absolute atomic E-state index is 13.4. The number of ether oxygens (including phenoxy) is 4. The summed E-state index contributed by atoms with van der Waals surface area (Å²) in [7, 11) is 1.41. The number of halogens is 1. The van der Waals surface area contributed by atoms with Crippen LogP contribution in [0.25, 0.3) is 11.1 Å². The Morgan fingerprint density at radius 2 is 1.39 bits per heavy atom. The molecular formula is C60H60ClN6NaO12. The number of carboxylic acids is 1. The standard InChI is InChI=1S/C60H61ClN6O12.Na/c1-35-36(2)56-41(27-45(57(56)71)38-12-4-5-13-38)28-51(35)78-31-37-11-10-14-39(25-37)40-16-21-50(46(26-40)60(74)75)79-34-54(69)64-24-9-8-23-63-53(68)32-77-33-55(70)65-42-17-19-44(47(61)29-42)58(72)67-48-20-18-43(30-52(48)76-3)66-59(73)49-15-6-7-22-62-49;/h6-7,10-11,14-22,25-26,28-30,38,45H,4-5,8-9,12-13,23-24,27,31-34H2,1-3H3,(H,63,68)(H,64,69)(H,65,70)(H,66,73)(H,67,72)(H,74,75);/q;+1/p-1. The summed E-state index contributed by atoms with van der Waals surface area (Å²) in [6.45, 7) is 3.52. The molecule has 0 radical (unpaired) electrons. The zero-order chi connectivity index (χ0) is 56.0. The molecule has 1 fully saturated rings. The number of amides is 5. The topological polar surface area (TPSA) is 253 Å². The number of carboxylic acid groups (broad SMARTS) is 1. The van der Waals surface area contributed by atoms with Crippen molar-refractivity contribution in [3.8, 4) is 28.4 Å². The minimum Gasteiger partial charge on any atom is -0.545 e. The summed E-state index contributed by atoms with van der Waals surface area (Å²) in [5, 5.41) is 25.7. The summed E-state index contributed by atoms with van der Waals surface area (Å²) < 4.78 is 22.6. The van der Waals surface area contributed by atoms with Crippen molar-refractivity contribution >= 4 is 70.0 Å². The summed E-state index contributed by atoms with van der Waals surface area (Å²) in [6.07, 6.45) is 7.89. The summed E-state index contributed by atoms with van der Waals surface area (Å²) >= 11 is 6.42. The van der Waals surface area contributed by atoms with Crippen molar-refractivity contribution in [2.75, 3.05) is 56.0 Å². The molecule has 410 valence electrons. The first-order valence-electron chi connectivity index (χ1n) is 26.0. The molecule has 6 aromatic rings. The van der Waals surface area contributed by atoms with Crippen molar-refractivity contribution in [2.45, 2.75) is 65.4 Å². The van der Waals surface area contributed by atoms with Gasteiger partial charge in [-0.25, -0.2) is 0 Å². The predicted molar refractivity (Wildman–Crippen MR) is 295 cm³/mol. The first kappa shape index (κ1) is 60.0. The van der Waals surface area contributed by atoms with E-state index in [9.17, 15) is 38.7 Å². The Balaban J connectivity index is 0.00000924. The van der Waals surface area contributed by atoms with Gasteiger partial charge in [0.05, 0.1) is 29.4 Å². The Kier molecular flexibility index (Phi) is 21.4. The van der Waals surface area contributed by atoms with Crippen molar-refractivity contribution in [3.05, 3.63) is 159 Å². The third kappa shape index (κ3) is 15.6. The van der Waals surface area contributed by atoms with Gasteiger partial charge in [-0.1, -0.05) is 54.8 Å². The largest absolute Gasteiger partial charge is 1.00 e. The number of hydrogen-bond donors (Lipinski definition) is 5. The van der Waals surface area contributed by atoms with E-state index in [1.807, 2.05) is 44.2 Å². The fourth-order valence-corrected chi connectivity index (χ4v) is 10.0. The van der Waals surface area contributed by atoms with Crippen molar-refractivity contribution in [1.82, 2.24) is 15.6 Å². The number of ketones is 1. The number of fused-ring (bicyclic) bond motifs is 1. The Morgan fingerprint density at radius 1 is 0.675 bits per heavy atom. The van der Waals surface area contributed by atoms with Crippen LogP contribution in [-0.4, -0.2) is 86.3 Å². The summed E-state index contributed by atoms with van der Waals surface area (Å²) in [5.74, 6) is -2.14. The molecule has 2 aliphatic rings. The molecule has 1 unspecified atom stereocenters. The number of pyridine rings is 1. The Labute approximate surface area is 490 Å². The average Bonchev–Trinajstić information content (AvgIpc) is 4.16. The van der Waals surface area contributed by atoms with Crippen molar-refractivity contribution in [2.24, 2.45) is 11.8 Å². The molecule has 20 heteroatoms. The van der Waals surface area contributed by atoms with Gasteiger partial charge in [0.25, 0.3) is 17.7 Å². The second-order valence-corrected chi connectivity index (χ2v) is 19.7. The second kappa shape index (κ2) is 28.5. The Bertz CT molecular complexity index is 3280. The van der Waals surface area contributed by atoms with E-state index in [-0.39, 0.29) is 107 Å². The fourth-order valence-electron chi connectivity index (χ4n) is 9.77. The molecule has 2 aliphatic carbocycles. The molecule has 0 spiro atoms. The number of hydrogen-bond acceptors (Lipinski definition) is 13. The van der Waals surface area contributed by atoms with Crippen LogP contribution in [0.2, 0.25) is 5.02 Å². The van der Waals surface area contributed by atoms with Gasteiger partial charge < -0.3 is 55.4 Å². The van der Waals surface area contributed by atoms with Gasteiger partial charge in [0, 0.05) is 53.8 Å². The SMILES string of the molecule is COc1cc(NC(=O)c2ccccn2)ccc1NC(=O)c1ccc(NC(=O)COCC(=O)NCCCCNC(=O)COc2ccc(-c3cccc(COc4cc5c(c(C)c4C)C(=O)C(C4CCCC4)C5)c3)cc2C(=O)[O-])cc1Cl.[Na+]. The summed E-state index contributed by atoms with van der Waals surface area (Å²) in [4.78, 5) is 92.9. The molecular weight excluding hydrogens is 1060 g/mol. The van der Waals surface area contributed by atoms with Gasteiger partial charge in [-0.2, -0.15) is 0 Å². The number of aromatic nitrogens is 1. The molecule has 5 amide bonds. The zero-order valence-electron chi connectivity index (χ0n) is 45.0. The summed E-state index contributed by atoms with van der Waals surface area (Å²) in [6, 6.07) is 28.2. The average molecular weight is 1120 g/mol. The number of benzene rings is 5. The maximum atomic E-state index is 13.4. The van der Waals surface area contributed by atoms with Crippen molar-refractivity contribution < 1.29 is 87.2 Å². The van der Waals surface area contributed by atoms with Crippen molar-refractivity contribution in [1.29, 1.82) is 0 Å². The molecule has 80 heavy (non-hydrogen) atoms. The number of carbonyl (C=O) groups excluding carboxylic acids is 7. The van der Waals surface area contributed by atoms with E-state index in [1.54, 1.807) is 42.5 Å². The van der Waals surface area contributed by atoms with E-state index >= 15 is 0 Å². The number of aromatic carboxylic acids is 1. The van der Waals surface area contributed by atoms with E-state index in [4.69, 9.17) is 30.5 Å². The molecule has 5 aromatic carbocycles. The second-order valence-electron chi connectivity index (χ2n) is 19.3. The van der Waals surface area contributed by atoms with Gasteiger partial charge in [-0.15, -0.1) is 0 Å². The van der Waals surface area contributed by atoms with E-state index in [0.717, 1.165) is 58.4 Å². The molecule has 18 nitrogen and oxygen atoms in total. The first-order chi connectivity index (χ1) is 38.1. The van der Waals surface area contributed by atoms with Crippen LogP contribution in [0.15, 0.2) is 109 Å². The van der Waals surface area contributed by atoms with Crippen LogP contribution in [0.1, 0.15) is 102 Å². The minimum atomic E-state index is -1.46. The molecule has 5 N–H and O–H groups in total. The maximum Gasteiger partial charge on any atom is 1.00 e. The van der Waals surface area contributed by atoms with Gasteiger partial charge in [0.1, 0.15) is 42.8 Å². The van der Waals surface area contributed by atoms with Crippen molar-refractivity contribution in [3.63, 3.8) is 0 Å². The Morgan fingerprint density at radius 3 is 2.10 bits per heavy atom. The zero-order valence-corrected chi connectivity index (χ0v) is 47.7. The number of anilines is 3. The van der Waals surface area contributed by atoms with Crippen LogP contribution < -0.4 is 75.5 Å². The normalized spacial score (nSPS) is 13.6. The van der Waals surface area contributed by atoms with Crippen LogP contribution in [0, 0.1) is 25.7 Å². The first-order valence-corrected chi connectivity index (χ1v) is 26.3. The monoisotopic (exact) mass is 1110 g/mol. The van der Waals surface area contributed by atoms with Crippen LogP contribution in [-0.2, 0) is 32.1 Å². The number of nitrogens with one attached hydrogen (secondary N) is 5. The van der Waals surface area contributed by atoms with Gasteiger partial charge >= 0.3 is 29.6 Å². The van der Waals surface area contributed by atoms with E-state index in [1.165, 1.54) is 56.5 Å². The number of Topliss-reactive ketones (excluding diaryl/α,β-unsaturated/α-hetero) is 1. The van der Waals surface area contributed by atoms with E-state index in [0.29, 0.717) is 35.7 Å². The van der Waals surface area contributed by atoms with Crippen LogP contribution in [0.4, 0.5) is 17.1 Å². The summed E-state index contributed by atoms with van der Waals surface area (Å²) in [5.41, 5.74) is 7.21. The Hall–Kier alpha value is -7.61. The van der Waals surface area contributed by atoms with Crippen LogP contribution >= 0.6 is 11.6 Å². The molecule has 8 rings (SSSR count). The van der Waals surface area contributed by atoms with Crippen LogP contribution in [0.3, 0.4) is 0 Å². The van der Waals surface area contributed by atoms with E-state index < -0.39 is 48.7 Å². The number of unbranched alkanes of at least 4 members (excludes halogenated alkanes) is 1. The number of nitrogens with zero attached hydrogens (tertiary/aromatic N) is 1. The molecule has 0 aliphatic heterocycles.